The molecule has 0 aliphatic carbocycles. The van der Waals surface area contributed by atoms with E-state index in [-0.39, 0.29) is 0 Å². The van der Waals surface area contributed by atoms with Crippen molar-refractivity contribution in [2.75, 3.05) is 38.3 Å². The molecule has 1 unspecified atom stereocenters. The molecule has 104 valence electrons. The molecule has 0 aromatic carbocycles. The molecule has 3 N–H and O–H groups in total. The first-order valence-corrected chi connectivity index (χ1v) is 7.72. The van der Waals surface area contributed by atoms with Crippen molar-refractivity contribution >= 4 is 17.7 Å². The minimum absolute atomic E-state index is 0.428. The van der Waals surface area contributed by atoms with Crippen molar-refractivity contribution in [3.05, 3.63) is 0 Å². The predicted octanol–water partition coefficient (Wildman–Crippen LogP) is 0.198. The minimum atomic E-state index is -0.571. The third-order valence-electron chi connectivity index (χ3n) is 3.45. The zero-order valence-electron chi connectivity index (χ0n) is 10.9. The van der Waals surface area contributed by atoms with E-state index in [1.54, 1.807) is 7.05 Å². The molecule has 0 radical (unpaired) electrons. The lowest BCUT2D eigenvalue weighted by atomic mass is 10.0. The van der Waals surface area contributed by atoms with E-state index in [0.717, 1.165) is 49.9 Å². The average molecular weight is 273 g/mol. The quantitative estimate of drug-likeness (QED) is 0.506. The summed E-state index contributed by atoms with van der Waals surface area (Å²) in [6.07, 6.45) is 2.89. The summed E-state index contributed by atoms with van der Waals surface area (Å²) >= 11 is 1.81. The van der Waals surface area contributed by atoms with Gasteiger partial charge in [0.15, 0.2) is 5.96 Å². The Kier molecular flexibility index (Phi) is 5.14. The van der Waals surface area contributed by atoms with Crippen LogP contribution in [0.2, 0.25) is 0 Å². The van der Waals surface area contributed by atoms with Crippen molar-refractivity contribution in [3.63, 3.8) is 0 Å². The molecule has 0 aromatic heterocycles. The van der Waals surface area contributed by atoms with Crippen molar-refractivity contribution in [1.82, 2.24) is 10.6 Å². The largest absolute Gasteiger partial charge is 0.387 e. The van der Waals surface area contributed by atoms with E-state index in [0.29, 0.717) is 12.6 Å². The molecule has 1 atom stereocenters. The monoisotopic (exact) mass is 273 g/mol. The van der Waals surface area contributed by atoms with Gasteiger partial charge in [0.05, 0.1) is 5.60 Å². The van der Waals surface area contributed by atoms with Gasteiger partial charge in [-0.25, -0.2) is 0 Å². The van der Waals surface area contributed by atoms with Gasteiger partial charge in [0.1, 0.15) is 0 Å². The van der Waals surface area contributed by atoms with Crippen LogP contribution in [-0.4, -0.2) is 61.0 Å². The molecule has 0 bridgehead atoms. The number of rotatable bonds is 3. The van der Waals surface area contributed by atoms with Gasteiger partial charge in [-0.2, -0.15) is 11.8 Å². The van der Waals surface area contributed by atoms with Crippen LogP contribution in [0, 0.1) is 0 Å². The number of aliphatic imine (C=N–C) groups is 1. The van der Waals surface area contributed by atoms with Gasteiger partial charge in [0.2, 0.25) is 0 Å². The van der Waals surface area contributed by atoms with E-state index in [2.05, 4.69) is 15.6 Å². The Morgan fingerprint density at radius 3 is 2.89 bits per heavy atom. The fourth-order valence-electron chi connectivity index (χ4n) is 2.21. The second-order valence-electron chi connectivity index (χ2n) is 4.98. The number of hydrogen-bond donors (Lipinski definition) is 3. The van der Waals surface area contributed by atoms with E-state index >= 15 is 0 Å². The number of nitrogens with one attached hydrogen (secondary N) is 2. The van der Waals surface area contributed by atoms with Gasteiger partial charge in [-0.1, -0.05) is 0 Å². The molecule has 2 aliphatic heterocycles. The summed E-state index contributed by atoms with van der Waals surface area (Å²) in [7, 11) is 1.77. The van der Waals surface area contributed by atoms with Crippen LogP contribution in [0.1, 0.15) is 19.3 Å². The Morgan fingerprint density at radius 1 is 1.50 bits per heavy atom. The number of thioether (sulfide) groups is 1. The molecule has 0 aromatic rings. The number of ether oxygens (including phenoxy) is 1. The van der Waals surface area contributed by atoms with E-state index < -0.39 is 5.60 Å². The lowest BCUT2D eigenvalue weighted by Gasteiger charge is -2.27. The van der Waals surface area contributed by atoms with Gasteiger partial charge >= 0.3 is 0 Å². The molecule has 0 saturated carbocycles. The van der Waals surface area contributed by atoms with E-state index in [4.69, 9.17) is 4.74 Å². The molecular formula is C12H23N3O2S. The Labute approximate surface area is 113 Å². The van der Waals surface area contributed by atoms with Crippen molar-refractivity contribution in [2.24, 2.45) is 4.99 Å². The summed E-state index contributed by atoms with van der Waals surface area (Å²) in [6.45, 7) is 2.20. The fourth-order valence-corrected chi connectivity index (χ4v) is 3.51. The average Bonchev–Trinajstić information content (AvgIpc) is 2.83. The standard InChI is InChI=1S/C12H23N3O2S/c1-13-11(15-10-2-5-17-6-3-10)14-8-12(16)4-7-18-9-12/h10,16H,2-9H2,1H3,(H2,13,14,15). The zero-order valence-corrected chi connectivity index (χ0v) is 11.8. The Balaban J connectivity index is 1.75. The van der Waals surface area contributed by atoms with Crippen LogP contribution in [0.5, 0.6) is 0 Å². The van der Waals surface area contributed by atoms with E-state index in [1.807, 2.05) is 11.8 Å². The summed E-state index contributed by atoms with van der Waals surface area (Å²) in [4.78, 5) is 4.21. The second kappa shape index (κ2) is 6.63. The van der Waals surface area contributed by atoms with Crippen molar-refractivity contribution in [1.29, 1.82) is 0 Å². The summed E-state index contributed by atoms with van der Waals surface area (Å²) in [5.74, 6) is 2.64. The third-order valence-corrected chi connectivity index (χ3v) is 4.69. The molecule has 0 spiro atoms. The summed E-state index contributed by atoms with van der Waals surface area (Å²) in [5, 5.41) is 16.9. The number of guanidine groups is 1. The lowest BCUT2D eigenvalue weighted by Crippen LogP contribution is -2.50. The molecule has 0 amide bonds. The molecule has 5 nitrogen and oxygen atoms in total. The number of nitrogens with zero attached hydrogens (tertiary/aromatic N) is 1. The molecule has 2 rings (SSSR count). The fraction of sp³-hybridized carbons (Fsp3) is 0.917. The van der Waals surface area contributed by atoms with E-state index in [9.17, 15) is 5.11 Å². The summed E-state index contributed by atoms with van der Waals surface area (Å²) in [6, 6.07) is 0.428. The first-order valence-electron chi connectivity index (χ1n) is 6.57. The molecule has 6 heteroatoms. The van der Waals surface area contributed by atoms with Crippen LogP contribution in [0.4, 0.5) is 0 Å². The molecule has 18 heavy (non-hydrogen) atoms. The Hall–Kier alpha value is -0.460. The predicted molar refractivity (Wildman–Crippen MR) is 75.2 cm³/mol. The van der Waals surface area contributed by atoms with Crippen LogP contribution in [0.3, 0.4) is 0 Å². The van der Waals surface area contributed by atoms with Crippen LogP contribution in [0.25, 0.3) is 0 Å². The van der Waals surface area contributed by atoms with Gasteiger partial charge in [0, 0.05) is 38.6 Å². The summed E-state index contributed by atoms with van der Waals surface area (Å²) < 4.78 is 5.33. The molecule has 2 fully saturated rings. The maximum Gasteiger partial charge on any atom is 0.191 e. The highest BCUT2D eigenvalue weighted by atomic mass is 32.2. The number of hydrogen-bond acceptors (Lipinski definition) is 4. The maximum atomic E-state index is 10.3. The van der Waals surface area contributed by atoms with Crippen molar-refractivity contribution in [2.45, 2.75) is 30.9 Å². The first-order chi connectivity index (χ1) is 8.72. The van der Waals surface area contributed by atoms with Gasteiger partial charge in [-0.15, -0.1) is 0 Å². The van der Waals surface area contributed by atoms with Gasteiger partial charge in [-0.05, 0) is 25.0 Å². The topological polar surface area (TPSA) is 65.9 Å². The van der Waals surface area contributed by atoms with Gasteiger partial charge in [-0.3, -0.25) is 4.99 Å². The highest BCUT2D eigenvalue weighted by Gasteiger charge is 2.31. The Bertz CT molecular complexity index is 287. The maximum absolute atomic E-state index is 10.3. The molecular weight excluding hydrogens is 250 g/mol. The highest BCUT2D eigenvalue weighted by molar-refractivity contribution is 7.99. The normalized spacial score (nSPS) is 30.4. The van der Waals surface area contributed by atoms with Crippen LogP contribution >= 0.6 is 11.8 Å². The van der Waals surface area contributed by atoms with Crippen molar-refractivity contribution < 1.29 is 9.84 Å². The summed E-state index contributed by atoms with van der Waals surface area (Å²) in [5.41, 5.74) is -0.571. The first kappa shape index (κ1) is 14.0. The van der Waals surface area contributed by atoms with Gasteiger partial charge in [0.25, 0.3) is 0 Å². The SMILES string of the molecule is CN=C(NCC1(O)CCSC1)NC1CCOCC1. The zero-order chi connectivity index (χ0) is 12.8. The third kappa shape index (κ3) is 4.03. The molecule has 2 aliphatic rings. The smallest absolute Gasteiger partial charge is 0.191 e. The second-order valence-corrected chi connectivity index (χ2v) is 6.09. The van der Waals surface area contributed by atoms with Crippen LogP contribution in [-0.2, 0) is 4.74 Å². The molecule has 2 heterocycles. The van der Waals surface area contributed by atoms with Gasteiger partial charge < -0.3 is 20.5 Å². The van der Waals surface area contributed by atoms with Crippen LogP contribution in [0.15, 0.2) is 4.99 Å². The minimum Gasteiger partial charge on any atom is -0.387 e. The Morgan fingerprint density at radius 2 is 2.28 bits per heavy atom. The van der Waals surface area contributed by atoms with E-state index in [1.165, 1.54) is 0 Å². The van der Waals surface area contributed by atoms with Crippen LogP contribution < -0.4 is 10.6 Å². The highest BCUT2D eigenvalue weighted by Crippen LogP contribution is 2.26. The molecule has 2 saturated heterocycles. The number of aliphatic hydroxyl groups is 1. The van der Waals surface area contributed by atoms with Crippen molar-refractivity contribution in [3.8, 4) is 0 Å². The lowest BCUT2D eigenvalue weighted by molar-refractivity contribution is 0.0711.